The van der Waals surface area contributed by atoms with Crippen LogP contribution in [-0.2, 0) is 39.0 Å². The monoisotopic (exact) mass is 408 g/mol. The average molecular weight is 408 g/mol. The Balaban J connectivity index is 1.64. The first-order valence-corrected chi connectivity index (χ1v) is 10.2. The summed E-state index contributed by atoms with van der Waals surface area (Å²) in [7, 11) is 1.90. The molecule has 0 bridgehead atoms. The summed E-state index contributed by atoms with van der Waals surface area (Å²) in [4.78, 5) is 28.0. The van der Waals surface area contributed by atoms with Crippen LogP contribution < -0.4 is 0 Å². The lowest BCUT2D eigenvalue weighted by atomic mass is 9.94. The van der Waals surface area contributed by atoms with Crippen molar-refractivity contribution in [2.75, 3.05) is 0 Å². The summed E-state index contributed by atoms with van der Waals surface area (Å²) < 4.78 is 13.1. The van der Waals surface area contributed by atoms with Gasteiger partial charge in [-0.15, -0.1) is 0 Å². The molecule has 2 atom stereocenters. The zero-order chi connectivity index (χ0) is 21.3. The molecule has 0 aliphatic heterocycles. The first kappa shape index (κ1) is 21.6. The van der Waals surface area contributed by atoms with Crippen LogP contribution in [0, 0.1) is 0 Å². The Morgan fingerprint density at radius 1 is 1.10 bits per heavy atom. The molecule has 0 amide bonds. The minimum absolute atomic E-state index is 0.185. The van der Waals surface area contributed by atoms with Crippen molar-refractivity contribution in [3.05, 3.63) is 71.8 Å². The number of carbonyl (C=O) groups is 2. The van der Waals surface area contributed by atoms with Crippen molar-refractivity contribution in [1.29, 1.82) is 0 Å². The van der Waals surface area contributed by atoms with Crippen LogP contribution in [0.5, 0.6) is 0 Å². The molecule has 0 saturated heterocycles. The van der Waals surface area contributed by atoms with Crippen molar-refractivity contribution in [2.45, 2.75) is 51.2 Å². The zero-order valence-electron chi connectivity index (χ0n) is 17.5. The SMILES string of the molecule is CC(=O)OC1C/C=C\CC(OC(=O)C/C=C/c2cn(C)cn2)Cc2ccccc2C1. The van der Waals surface area contributed by atoms with Crippen LogP contribution >= 0.6 is 0 Å². The van der Waals surface area contributed by atoms with E-state index in [0.29, 0.717) is 25.7 Å². The third-order valence-electron chi connectivity index (χ3n) is 4.91. The molecular weight excluding hydrogens is 380 g/mol. The third-order valence-corrected chi connectivity index (χ3v) is 4.91. The van der Waals surface area contributed by atoms with Crippen LogP contribution in [0.3, 0.4) is 0 Å². The minimum atomic E-state index is -0.270. The van der Waals surface area contributed by atoms with E-state index in [0.717, 1.165) is 16.8 Å². The van der Waals surface area contributed by atoms with E-state index in [9.17, 15) is 9.59 Å². The Bertz CT molecular complexity index is 929. The fraction of sp³-hybridized carbons (Fsp3) is 0.375. The normalized spacial score (nSPS) is 20.3. The van der Waals surface area contributed by atoms with Crippen LogP contribution in [0.25, 0.3) is 6.08 Å². The van der Waals surface area contributed by atoms with Gasteiger partial charge in [-0.3, -0.25) is 9.59 Å². The van der Waals surface area contributed by atoms with E-state index < -0.39 is 0 Å². The Kier molecular flexibility index (Phi) is 7.60. The molecule has 1 aliphatic carbocycles. The van der Waals surface area contributed by atoms with Crippen LogP contribution in [0.1, 0.15) is 43.0 Å². The van der Waals surface area contributed by atoms with Gasteiger partial charge in [0.05, 0.1) is 18.4 Å². The molecule has 1 aliphatic rings. The number of aromatic nitrogens is 2. The van der Waals surface area contributed by atoms with E-state index in [1.54, 1.807) is 12.4 Å². The van der Waals surface area contributed by atoms with Crippen molar-refractivity contribution in [2.24, 2.45) is 7.05 Å². The number of benzene rings is 1. The lowest BCUT2D eigenvalue weighted by molar-refractivity contribution is -0.148. The molecule has 0 saturated carbocycles. The second-order valence-corrected chi connectivity index (χ2v) is 7.53. The summed E-state index contributed by atoms with van der Waals surface area (Å²) in [5.74, 6) is -0.526. The molecule has 158 valence electrons. The smallest absolute Gasteiger partial charge is 0.309 e. The van der Waals surface area contributed by atoms with Gasteiger partial charge >= 0.3 is 11.9 Å². The fourth-order valence-corrected chi connectivity index (χ4v) is 3.55. The molecule has 30 heavy (non-hydrogen) atoms. The number of fused-ring (bicyclic) bond motifs is 1. The van der Waals surface area contributed by atoms with Gasteiger partial charge in [-0.2, -0.15) is 0 Å². The Hall–Kier alpha value is -3.15. The minimum Gasteiger partial charge on any atom is -0.462 e. The van der Waals surface area contributed by atoms with Crippen LogP contribution in [0.15, 0.2) is 55.0 Å². The van der Waals surface area contributed by atoms with Crippen molar-refractivity contribution in [3.63, 3.8) is 0 Å². The maximum Gasteiger partial charge on any atom is 0.309 e. The quantitative estimate of drug-likeness (QED) is 0.556. The number of hydrogen-bond donors (Lipinski definition) is 0. The highest BCUT2D eigenvalue weighted by atomic mass is 16.5. The summed E-state index contributed by atoms with van der Waals surface area (Å²) in [5, 5.41) is 0. The first-order chi connectivity index (χ1) is 14.5. The van der Waals surface area contributed by atoms with E-state index in [1.807, 2.05) is 60.3 Å². The summed E-state index contributed by atoms with van der Waals surface area (Å²) in [6.07, 6.45) is 13.5. The highest BCUT2D eigenvalue weighted by Crippen LogP contribution is 2.21. The number of hydrogen-bond acceptors (Lipinski definition) is 5. The number of esters is 2. The third kappa shape index (κ3) is 6.72. The predicted octanol–water partition coefficient (Wildman–Crippen LogP) is 3.80. The number of nitrogens with zero attached hydrogens (tertiary/aromatic N) is 2. The standard InChI is InChI=1S/C24H28N2O4/c1-18(27)29-22-11-5-6-12-23(15-20-9-4-3-8-19(20)14-22)30-24(28)13-7-10-21-16-26(2)17-25-21/h3-10,16-17,22-23H,11-15H2,1-2H3/b6-5-,10-7+. The van der Waals surface area contributed by atoms with Gasteiger partial charge in [-0.05, 0) is 17.2 Å². The highest BCUT2D eigenvalue weighted by Gasteiger charge is 2.19. The number of ether oxygens (including phenoxy) is 2. The molecule has 0 radical (unpaired) electrons. The average Bonchev–Trinajstić information content (AvgIpc) is 3.11. The lowest BCUT2D eigenvalue weighted by Gasteiger charge is -2.22. The van der Waals surface area contributed by atoms with E-state index in [1.165, 1.54) is 6.92 Å². The van der Waals surface area contributed by atoms with Gasteiger partial charge in [-0.1, -0.05) is 42.5 Å². The molecule has 0 fully saturated rings. The van der Waals surface area contributed by atoms with E-state index >= 15 is 0 Å². The van der Waals surface area contributed by atoms with E-state index in [4.69, 9.17) is 9.47 Å². The number of aryl methyl sites for hydroxylation is 1. The van der Waals surface area contributed by atoms with Gasteiger partial charge in [0, 0.05) is 45.9 Å². The van der Waals surface area contributed by atoms with Crippen molar-refractivity contribution in [1.82, 2.24) is 9.55 Å². The van der Waals surface area contributed by atoms with Gasteiger partial charge in [0.2, 0.25) is 0 Å². The number of rotatable bonds is 5. The van der Waals surface area contributed by atoms with E-state index in [-0.39, 0.29) is 30.6 Å². The molecule has 2 unspecified atom stereocenters. The molecule has 6 nitrogen and oxygen atoms in total. The molecule has 1 heterocycles. The predicted molar refractivity (Wildman–Crippen MR) is 115 cm³/mol. The molecule has 1 aromatic heterocycles. The van der Waals surface area contributed by atoms with Crippen LogP contribution in [0.4, 0.5) is 0 Å². The number of carbonyl (C=O) groups excluding carboxylic acids is 2. The summed E-state index contributed by atoms with van der Waals surface area (Å²) in [6, 6.07) is 8.06. The zero-order valence-corrected chi connectivity index (χ0v) is 17.5. The first-order valence-electron chi connectivity index (χ1n) is 10.2. The van der Waals surface area contributed by atoms with Crippen molar-refractivity contribution < 1.29 is 19.1 Å². The molecule has 3 rings (SSSR count). The van der Waals surface area contributed by atoms with Gasteiger partial charge in [0.1, 0.15) is 12.2 Å². The summed E-state index contributed by atoms with van der Waals surface area (Å²) in [5.41, 5.74) is 3.05. The topological polar surface area (TPSA) is 70.4 Å². The van der Waals surface area contributed by atoms with Gasteiger partial charge in [-0.25, -0.2) is 4.98 Å². The second kappa shape index (κ2) is 10.6. The molecule has 1 aromatic carbocycles. The summed E-state index contributed by atoms with van der Waals surface area (Å²) >= 11 is 0. The van der Waals surface area contributed by atoms with Crippen LogP contribution in [0.2, 0.25) is 0 Å². The molecule has 6 heteroatoms. The largest absolute Gasteiger partial charge is 0.462 e. The van der Waals surface area contributed by atoms with Gasteiger partial charge in [0.15, 0.2) is 0 Å². The molecule has 2 aromatic rings. The Morgan fingerprint density at radius 2 is 1.73 bits per heavy atom. The fourth-order valence-electron chi connectivity index (χ4n) is 3.55. The maximum atomic E-state index is 12.4. The van der Waals surface area contributed by atoms with E-state index in [2.05, 4.69) is 4.98 Å². The Morgan fingerprint density at radius 3 is 2.30 bits per heavy atom. The van der Waals surface area contributed by atoms with Gasteiger partial charge in [0.25, 0.3) is 0 Å². The molecule has 0 N–H and O–H groups in total. The van der Waals surface area contributed by atoms with Crippen molar-refractivity contribution in [3.8, 4) is 0 Å². The van der Waals surface area contributed by atoms with Crippen molar-refractivity contribution >= 4 is 18.0 Å². The van der Waals surface area contributed by atoms with Gasteiger partial charge < -0.3 is 14.0 Å². The van der Waals surface area contributed by atoms with Crippen LogP contribution in [-0.4, -0.2) is 33.7 Å². The summed E-state index contributed by atoms with van der Waals surface area (Å²) in [6.45, 7) is 1.44. The molecular formula is C24H28N2O4. The maximum absolute atomic E-state index is 12.4. The second-order valence-electron chi connectivity index (χ2n) is 7.53. The highest BCUT2D eigenvalue weighted by molar-refractivity contribution is 5.72. The lowest BCUT2D eigenvalue weighted by Crippen LogP contribution is -2.23. The molecule has 0 spiro atoms. The Labute approximate surface area is 177 Å². The number of imidazole rings is 1.